The lowest BCUT2D eigenvalue weighted by Gasteiger charge is -2.20. The number of amides is 3. The predicted molar refractivity (Wildman–Crippen MR) is 103 cm³/mol. The first-order valence-electron chi connectivity index (χ1n) is 8.41. The number of benzene rings is 2. The van der Waals surface area contributed by atoms with Gasteiger partial charge in [0.2, 0.25) is 0 Å². The molecule has 1 atom stereocenters. The van der Waals surface area contributed by atoms with Gasteiger partial charge in [0.15, 0.2) is 11.9 Å². The Morgan fingerprint density at radius 2 is 1.54 bits per heavy atom. The van der Waals surface area contributed by atoms with Gasteiger partial charge in [-0.15, -0.1) is 0 Å². The van der Waals surface area contributed by atoms with Crippen LogP contribution in [0.5, 0.6) is 0 Å². The number of ether oxygens (including phenoxy) is 1. The molecule has 3 N–H and O–H groups in total. The van der Waals surface area contributed by atoms with Crippen LogP contribution in [0.15, 0.2) is 48.5 Å². The molecule has 2 aromatic rings. The molecule has 3 amide bonds. The average molecular weight is 403 g/mol. The first kappa shape index (κ1) is 21.1. The Labute approximate surface area is 166 Å². The van der Waals surface area contributed by atoms with Crippen LogP contribution in [0, 0.1) is 5.92 Å². The molecule has 7 nitrogen and oxygen atoms in total. The molecule has 28 heavy (non-hydrogen) atoms. The summed E-state index contributed by atoms with van der Waals surface area (Å²) in [6, 6.07) is 11.3. The minimum atomic E-state index is -1.25. The van der Waals surface area contributed by atoms with Crippen molar-refractivity contribution < 1.29 is 23.9 Å². The van der Waals surface area contributed by atoms with Crippen molar-refractivity contribution >= 4 is 35.3 Å². The second-order valence-corrected chi connectivity index (χ2v) is 6.74. The standard InChI is InChI=1S/C20H19ClN2O5/c1-11(2)17(18(25)23-20(22)27)28-19(26)15-6-4-3-5-14(15)16(24)12-7-9-13(21)10-8-12/h3-11,17H,1-2H3,(H3,22,23,25,27)/t17-/m1/s1. The Bertz CT molecular complexity index is 909. The van der Waals surface area contributed by atoms with Crippen LogP contribution in [0.4, 0.5) is 4.79 Å². The van der Waals surface area contributed by atoms with E-state index in [1.807, 2.05) is 5.32 Å². The highest BCUT2D eigenvalue weighted by molar-refractivity contribution is 6.30. The summed E-state index contributed by atoms with van der Waals surface area (Å²) in [5, 5.41) is 2.37. The van der Waals surface area contributed by atoms with Crippen molar-refractivity contribution in [3.8, 4) is 0 Å². The van der Waals surface area contributed by atoms with Crippen LogP contribution in [0.1, 0.15) is 40.1 Å². The van der Waals surface area contributed by atoms with Crippen molar-refractivity contribution in [2.75, 3.05) is 0 Å². The van der Waals surface area contributed by atoms with Crippen molar-refractivity contribution in [3.63, 3.8) is 0 Å². The number of hydrogen-bond donors (Lipinski definition) is 2. The largest absolute Gasteiger partial charge is 0.448 e. The third-order valence-corrected chi connectivity index (χ3v) is 4.09. The number of imide groups is 1. The number of hydrogen-bond acceptors (Lipinski definition) is 5. The van der Waals surface area contributed by atoms with Crippen LogP contribution in [0.3, 0.4) is 0 Å². The molecule has 0 aromatic heterocycles. The van der Waals surface area contributed by atoms with E-state index in [9.17, 15) is 19.2 Å². The molecule has 2 rings (SSSR count). The number of nitrogens with one attached hydrogen (secondary N) is 1. The molecular formula is C20H19ClN2O5. The predicted octanol–water partition coefficient (Wildman–Crippen LogP) is 2.95. The Morgan fingerprint density at radius 1 is 0.964 bits per heavy atom. The maximum atomic E-state index is 12.8. The Morgan fingerprint density at radius 3 is 2.07 bits per heavy atom. The molecule has 0 saturated heterocycles. The van der Waals surface area contributed by atoms with E-state index in [4.69, 9.17) is 22.1 Å². The van der Waals surface area contributed by atoms with E-state index < -0.39 is 35.7 Å². The number of esters is 1. The summed E-state index contributed by atoms with van der Waals surface area (Å²) in [6.45, 7) is 3.28. The van der Waals surface area contributed by atoms with E-state index in [2.05, 4.69) is 0 Å². The molecule has 0 radical (unpaired) electrons. The number of primary amides is 1. The third-order valence-electron chi connectivity index (χ3n) is 3.84. The minimum absolute atomic E-state index is 0.0000231. The van der Waals surface area contributed by atoms with Crippen LogP contribution in [-0.2, 0) is 9.53 Å². The zero-order valence-corrected chi connectivity index (χ0v) is 16.0. The van der Waals surface area contributed by atoms with Gasteiger partial charge in [0, 0.05) is 16.1 Å². The van der Waals surface area contributed by atoms with Gasteiger partial charge < -0.3 is 10.5 Å². The zero-order valence-electron chi connectivity index (χ0n) is 15.3. The van der Waals surface area contributed by atoms with Crippen LogP contribution in [-0.4, -0.2) is 29.8 Å². The number of carbonyl (C=O) groups is 4. The fourth-order valence-electron chi connectivity index (χ4n) is 2.48. The van der Waals surface area contributed by atoms with Crippen molar-refractivity contribution in [1.82, 2.24) is 5.32 Å². The number of nitrogens with two attached hydrogens (primary N) is 1. The lowest BCUT2D eigenvalue weighted by atomic mass is 9.98. The second-order valence-electron chi connectivity index (χ2n) is 6.31. The highest BCUT2D eigenvalue weighted by Gasteiger charge is 2.29. The molecule has 0 spiro atoms. The van der Waals surface area contributed by atoms with Gasteiger partial charge in [-0.05, 0) is 36.2 Å². The number of halogens is 1. The summed E-state index contributed by atoms with van der Waals surface area (Å²) in [5.74, 6) is -2.53. The fraction of sp³-hybridized carbons (Fsp3) is 0.200. The Balaban J connectivity index is 2.30. The number of ketones is 1. The van der Waals surface area contributed by atoms with Crippen molar-refractivity contribution in [2.24, 2.45) is 11.7 Å². The summed E-state index contributed by atoms with van der Waals surface area (Å²) in [5.41, 5.74) is 5.41. The van der Waals surface area contributed by atoms with E-state index in [0.29, 0.717) is 10.6 Å². The normalized spacial score (nSPS) is 11.6. The zero-order chi connectivity index (χ0) is 20.8. The Hall–Kier alpha value is -3.19. The maximum Gasteiger partial charge on any atom is 0.339 e. The molecule has 0 fully saturated rings. The monoisotopic (exact) mass is 402 g/mol. The maximum absolute atomic E-state index is 12.8. The van der Waals surface area contributed by atoms with Crippen LogP contribution in [0.25, 0.3) is 0 Å². The molecule has 0 aliphatic carbocycles. The molecule has 146 valence electrons. The van der Waals surface area contributed by atoms with Gasteiger partial charge in [-0.1, -0.05) is 43.6 Å². The minimum Gasteiger partial charge on any atom is -0.448 e. The quantitative estimate of drug-likeness (QED) is 0.569. The van der Waals surface area contributed by atoms with Gasteiger partial charge in [-0.25, -0.2) is 9.59 Å². The molecule has 0 aliphatic heterocycles. The molecule has 0 unspecified atom stereocenters. The van der Waals surface area contributed by atoms with Crippen molar-refractivity contribution in [3.05, 3.63) is 70.2 Å². The number of carbonyl (C=O) groups excluding carboxylic acids is 4. The molecule has 2 aromatic carbocycles. The lowest BCUT2D eigenvalue weighted by Crippen LogP contribution is -2.45. The first-order valence-corrected chi connectivity index (χ1v) is 8.79. The fourth-order valence-corrected chi connectivity index (χ4v) is 2.61. The van der Waals surface area contributed by atoms with Gasteiger partial charge in [-0.3, -0.25) is 14.9 Å². The summed E-state index contributed by atoms with van der Waals surface area (Å²) in [6.07, 6.45) is -1.25. The van der Waals surface area contributed by atoms with Crippen molar-refractivity contribution in [2.45, 2.75) is 20.0 Å². The lowest BCUT2D eigenvalue weighted by molar-refractivity contribution is -0.130. The molecule has 0 heterocycles. The topological polar surface area (TPSA) is 116 Å². The highest BCUT2D eigenvalue weighted by Crippen LogP contribution is 2.19. The summed E-state index contributed by atoms with van der Waals surface area (Å²) in [4.78, 5) is 48.4. The summed E-state index contributed by atoms with van der Waals surface area (Å²) in [7, 11) is 0. The molecule has 0 aliphatic rings. The number of rotatable bonds is 6. The van der Waals surface area contributed by atoms with E-state index in [1.165, 1.54) is 12.1 Å². The van der Waals surface area contributed by atoms with E-state index in [0.717, 1.165) is 0 Å². The van der Waals surface area contributed by atoms with Crippen LogP contribution >= 0.6 is 11.6 Å². The number of urea groups is 1. The van der Waals surface area contributed by atoms with Crippen LogP contribution in [0.2, 0.25) is 5.02 Å². The molecule has 0 saturated carbocycles. The van der Waals surface area contributed by atoms with Gasteiger partial charge in [0.25, 0.3) is 5.91 Å². The summed E-state index contributed by atoms with van der Waals surface area (Å²) < 4.78 is 5.27. The summed E-state index contributed by atoms with van der Waals surface area (Å²) >= 11 is 5.84. The van der Waals surface area contributed by atoms with Gasteiger partial charge >= 0.3 is 12.0 Å². The molecular weight excluding hydrogens is 384 g/mol. The van der Waals surface area contributed by atoms with Crippen molar-refractivity contribution in [1.29, 1.82) is 0 Å². The smallest absolute Gasteiger partial charge is 0.339 e. The SMILES string of the molecule is CC(C)[C@@H](OC(=O)c1ccccc1C(=O)c1ccc(Cl)cc1)C(=O)NC(N)=O. The first-order chi connectivity index (χ1) is 13.2. The van der Waals surface area contributed by atoms with E-state index in [1.54, 1.807) is 50.2 Å². The molecule has 8 heteroatoms. The Kier molecular flexibility index (Phi) is 6.89. The third kappa shape index (κ3) is 5.17. The van der Waals surface area contributed by atoms with Gasteiger partial charge in [0.05, 0.1) is 5.56 Å². The second kappa shape index (κ2) is 9.14. The molecule has 0 bridgehead atoms. The van der Waals surface area contributed by atoms with E-state index >= 15 is 0 Å². The van der Waals surface area contributed by atoms with E-state index in [-0.39, 0.29) is 11.1 Å². The van der Waals surface area contributed by atoms with Crippen LogP contribution < -0.4 is 11.1 Å². The average Bonchev–Trinajstić information content (AvgIpc) is 2.65. The highest BCUT2D eigenvalue weighted by atomic mass is 35.5. The van der Waals surface area contributed by atoms with Gasteiger partial charge in [0.1, 0.15) is 0 Å². The van der Waals surface area contributed by atoms with Gasteiger partial charge in [-0.2, -0.15) is 0 Å².